The van der Waals surface area contributed by atoms with Gasteiger partial charge in [-0.2, -0.15) is 5.26 Å². The fraction of sp³-hybridized carbons (Fsp3) is 0.0667. The molecule has 0 aliphatic heterocycles. The molecule has 0 atom stereocenters. The molecule has 2 rings (SSSR count). The summed E-state index contributed by atoms with van der Waals surface area (Å²) in [4.78, 5) is 12.7. The van der Waals surface area contributed by atoms with E-state index in [2.05, 4.69) is 6.07 Å². The van der Waals surface area contributed by atoms with E-state index in [0.717, 1.165) is 10.4 Å². The summed E-state index contributed by atoms with van der Waals surface area (Å²) in [5.74, 6) is 0.0139. The predicted molar refractivity (Wildman–Crippen MR) is 79.3 cm³/mol. The van der Waals surface area contributed by atoms with Gasteiger partial charge in [-0.3, -0.25) is 4.79 Å². The van der Waals surface area contributed by atoms with Crippen molar-refractivity contribution in [1.29, 1.82) is 5.26 Å². The van der Waals surface area contributed by atoms with Crippen molar-refractivity contribution in [2.45, 2.75) is 6.92 Å². The molecule has 0 spiro atoms. The van der Waals surface area contributed by atoms with Gasteiger partial charge in [-0.25, -0.2) is 0 Å². The zero-order valence-corrected chi connectivity index (χ0v) is 11.8. The number of hydrogen-bond donors (Lipinski definition) is 0. The fourth-order valence-corrected chi connectivity index (χ4v) is 2.55. The molecule has 0 fully saturated rings. The molecule has 1 heterocycles. The second-order valence-electron chi connectivity index (χ2n) is 3.94. The number of hydrogen-bond acceptors (Lipinski definition) is 3. The standard InChI is InChI=1S/C15H10ClNOS/c1-10(18)14-6-7-15(19-14)12(9-17)8-11-2-4-13(16)5-3-11/h2-8H,1H3/b12-8+. The molecule has 0 aliphatic carbocycles. The monoisotopic (exact) mass is 287 g/mol. The number of rotatable bonds is 3. The van der Waals surface area contributed by atoms with Gasteiger partial charge in [-0.15, -0.1) is 11.3 Å². The number of halogens is 1. The second-order valence-corrected chi connectivity index (χ2v) is 5.46. The Labute approximate surface area is 120 Å². The molecule has 4 heteroatoms. The molecule has 1 aromatic heterocycles. The highest BCUT2D eigenvalue weighted by Crippen LogP contribution is 2.26. The lowest BCUT2D eigenvalue weighted by Crippen LogP contribution is -1.83. The van der Waals surface area contributed by atoms with Crippen LogP contribution in [0.3, 0.4) is 0 Å². The first kappa shape index (κ1) is 13.5. The SMILES string of the molecule is CC(=O)c1ccc(/C(C#N)=C/c2ccc(Cl)cc2)s1. The lowest BCUT2D eigenvalue weighted by atomic mass is 10.1. The van der Waals surface area contributed by atoms with E-state index in [1.54, 1.807) is 30.3 Å². The minimum atomic E-state index is 0.0139. The molecule has 0 aliphatic rings. The first-order valence-corrected chi connectivity index (χ1v) is 6.78. The Bertz CT molecular complexity index is 677. The van der Waals surface area contributed by atoms with E-state index in [1.807, 2.05) is 12.1 Å². The van der Waals surface area contributed by atoms with E-state index in [0.29, 0.717) is 15.5 Å². The molecule has 19 heavy (non-hydrogen) atoms. The Morgan fingerprint density at radius 3 is 2.37 bits per heavy atom. The van der Waals surface area contributed by atoms with E-state index in [1.165, 1.54) is 18.3 Å². The van der Waals surface area contributed by atoms with Crippen LogP contribution >= 0.6 is 22.9 Å². The Balaban J connectivity index is 2.36. The van der Waals surface area contributed by atoms with Crippen LogP contribution in [0.5, 0.6) is 0 Å². The van der Waals surface area contributed by atoms with Crippen molar-refractivity contribution in [3.05, 3.63) is 56.7 Å². The number of allylic oxidation sites excluding steroid dienone is 1. The number of carbonyl (C=O) groups is 1. The van der Waals surface area contributed by atoms with Crippen LogP contribution < -0.4 is 0 Å². The molecule has 2 nitrogen and oxygen atoms in total. The summed E-state index contributed by atoms with van der Waals surface area (Å²) in [6.45, 7) is 1.52. The summed E-state index contributed by atoms with van der Waals surface area (Å²) in [5.41, 5.74) is 1.44. The quantitative estimate of drug-likeness (QED) is 0.608. The van der Waals surface area contributed by atoms with E-state index >= 15 is 0 Å². The lowest BCUT2D eigenvalue weighted by molar-refractivity contribution is 0.102. The number of nitriles is 1. The smallest absolute Gasteiger partial charge is 0.169 e. The first-order chi connectivity index (χ1) is 9.10. The van der Waals surface area contributed by atoms with Crippen LogP contribution in [0.25, 0.3) is 11.6 Å². The van der Waals surface area contributed by atoms with E-state index in [9.17, 15) is 10.1 Å². The van der Waals surface area contributed by atoms with Crippen LogP contribution in [0.15, 0.2) is 36.4 Å². The van der Waals surface area contributed by atoms with Gasteiger partial charge < -0.3 is 0 Å². The maximum atomic E-state index is 11.3. The molecule has 0 bridgehead atoms. The molecule has 2 aromatic rings. The average Bonchev–Trinajstić information content (AvgIpc) is 2.88. The number of Topliss-reactive ketones (excluding diaryl/α,β-unsaturated/α-hetero) is 1. The second kappa shape index (κ2) is 5.83. The van der Waals surface area contributed by atoms with Crippen LogP contribution in [0, 0.1) is 11.3 Å². The summed E-state index contributed by atoms with van der Waals surface area (Å²) >= 11 is 7.15. The minimum absolute atomic E-state index is 0.0139. The third-order valence-corrected chi connectivity index (χ3v) is 3.99. The van der Waals surface area contributed by atoms with Gasteiger partial charge in [-0.05, 0) is 42.8 Å². The Hall–Kier alpha value is -1.89. The van der Waals surface area contributed by atoms with Gasteiger partial charge in [0.25, 0.3) is 0 Å². The molecule has 0 radical (unpaired) electrons. The highest BCUT2D eigenvalue weighted by molar-refractivity contribution is 7.15. The number of benzene rings is 1. The molecule has 0 saturated carbocycles. The zero-order chi connectivity index (χ0) is 13.8. The van der Waals surface area contributed by atoms with Gasteiger partial charge in [0.2, 0.25) is 0 Å². The Morgan fingerprint density at radius 1 is 1.21 bits per heavy atom. The van der Waals surface area contributed by atoms with Gasteiger partial charge >= 0.3 is 0 Å². The maximum absolute atomic E-state index is 11.3. The Kier molecular flexibility index (Phi) is 4.16. The molecular formula is C15H10ClNOS. The minimum Gasteiger partial charge on any atom is -0.294 e. The van der Waals surface area contributed by atoms with Gasteiger partial charge in [0.05, 0.1) is 10.5 Å². The summed E-state index contributed by atoms with van der Waals surface area (Å²) in [7, 11) is 0. The molecule has 94 valence electrons. The lowest BCUT2D eigenvalue weighted by Gasteiger charge is -1.96. The summed E-state index contributed by atoms with van der Waals surface area (Å²) in [6.07, 6.45) is 1.78. The van der Waals surface area contributed by atoms with Crippen molar-refractivity contribution in [3.8, 4) is 6.07 Å². The van der Waals surface area contributed by atoms with Crippen molar-refractivity contribution in [2.24, 2.45) is 0 Å². The van der Waals surface area contributed by atoms with Crippen molar-refractivity contribution >= 4 is 40.4 Å². The molecule has 0 N–H and O–H groups in total. The molecule has 0 saturated heterocycles. The normalized spacial score (nSPS) is 11.1. The van der Waals surface area contributed by atoms with Crippen molar-refractivity contribution < 1.29 is 4.79 Å². The van der Waals surface area contributed by atoms with Crippen molar-refractivity contribution in [3.63, 3.8) is 0 Å². The largest absolute Gasteiger partial charge is 0.294 e. The summed E-state index contributed by atoms with van der Waals surface area (Å²) in [5, 5.41) is 9.88. The number of ketones is 1. The van der Waals surface area contributed by atoms with E-state index in [4.69, 9.17) is 11.6 Å². The van der Waals surface area contributed by atoms with Crippen LogP contribution in [0.2, 0.25) is 5.02 Å². The fourth-order valence-electron chi connectivity index (χ4n) is 1.56. The summed E-state index contributed by atoms with van der Waals surface area (Å²) in [6, 6.07) is 12.9. The summed E-state index contributed by atoms with van der Waals surface area (Å²) < 4.78 is 0. The van der Waals surface area contributed by atoms with Gasteiger partial charge in [0.15, 0.2) is 5.78 Å². The van der Waals surface area contributed by atoms with Gasteiger partial charge in [0, 0.05) is 9.90 Å². The third kappa shape index (κ3) is 3.31. The number of nitrogens with zero attached hydrogens (tertiary/aromatic N) is 1. The van der Waals surface area contributed by atoms with Crippen LogP contribution in [-0.4, -0.2) is 5.78 Å². The van der Waals surface area contributed by atoms with Crippen molar-refractivity contribution in [2.75, 3.05) is 0 Å². The Morgan fingerprint density at radius 2 is 1.84 bits per heavy atom. The zero-order valence-electron chi connectivity index (χ0n) is 10.2. The van der Waals surface area contributed by atoms with Crippen LogP contribution in [-0.2, 0) is 0 Å². The predicted octanol–water partition coefficient (Wildman–Crippen LogP) is 4.67. The van der Waals surface area contributed by atoms with Crippen LogP contribution in [0.4, 0.5) is 0 Å². The van der Waals surface area contributed by atoms with E-state index < -0.39 is 0 Å². The first-order valence-electron chi connectivity index (χ1n) is 5.58. The molecule has 0 amide bonds. The van der Waals surface area contributed by atoms with Gasteiger partial charge in [-0.1, -0.05) is 23.7 Å². The number of carbonyl (C=O) groups excluding carboxylic acids is 1. The van der Waals surface area contributed by atoms with E-state index in [-0.39, 0.29) is 5.78 Å². The molecule has 1 aromatic carbocycles. The average molecular weight is 288 g/mol. The topological polar surface area (TPSA) is 40.9 Å². The maximum Gasteiger partial charge on any atom is 0.169 e. The van der Waals surface area contributed by atoms with Crippen LogP contribution in [0.1, 0.15) is 27.0 Å². The molecular weight excluding hydrogens is 278 g/mol. The van der Waals surface area contributed by atoms with Crippen molar-refractivity contribution in [1.82, 2.24) is 0 Å². The highest BCUT2D eigenvalue weighted by atomic mass is 35.5. The van der Waals surface area contributed by atoms with Gasteiger partial charge in [0.1, 0.15) is 6.07 Å². The highest BCUT2D eigenvalue weighted by Gasteiger charge is 2.08. The number of thiophene rings is 1. The third-order valence-electron chi connectivity index (χ3n) is 2.52. The molecule has 0 unspecified atom stereocenters.